The lowest BCUT2D eigenvalue weighted by molar-refractivity contribution is -0.117. The lowest BCUT2D eigenvalue weighted by Gasteiger charge is -2.11. The van der Waals surface area contributed by atoms with Gasteiger partial charge in [-0.3, -0.25) is 9.48 Å². The molecule has 0 bridgehead atoms. The molecule has 0 fully saturated rings. The van der Waals surface area contributed by atoms with Gasteiger partial charge in [0.15, 0.2) is 0 Å². The van der Waals surface area contributed by atoms with Crippen LogP contribution in [0.4, 0.5) is 5.69 Å². The SMILES string of the molecule is CCn1cc(NC(=O)C(N)c2ccc(C)cc2)cn1.Cl. The van der Waals surface area contributed by atoms with E-state index >= 15 is 0 Å². The summed E-state index contributed by atoms with van der Waals surface area (Å²) in [7, 11) is 0. The number of hydrogen-bond acceptors (Lipinski definition) is 3. The number of nitrogens with one attached hydrogen (secondary N) is 1. The van der Waals surface area contributed by atoms with Crippen LogP contribution in [0, 0.1) is 6.92 Å². The molecule has 5 nitrogen and oxygen atoms in total. The Hall–Kier alpha value is -1.85. The molecule has 108 valence electrons. The molecule has 1 aromatic heterocycles. The van der Waals surface area contributed by atoms with Crippen molar-refractivity contribution < 1.29 is 4.79 Å². The molecule has 1 amide bonds. The van der Waals surface area contributed by atoms with Gasteiger partial charge in [-0.1, -0.05) is 29.8 Å². The minimum Gasteiger partial charge on any atom is -0.322 e. The molecule has 2 rings (SSSR count). The first-order valence-corrected chi connectivity index (χ1v) is 6.25. The first-order valence-electron chi connectivity index (χ1n) is 6.25. The first kappa shape index (κ1) is 16.2. The summed E-state index contributed by atoms with van der Waals surface area (Å²) in [5, 5.41) is 6.85. The number of hydrogen-bond donors (Lipinski definition) is 2. The summed E-state index contributed by atoms with van der Waals surface area (Å²) >= 11 is 0. The van der Waals surface area contributed by atoms with Gasteiger partial charge in [0.25, 0.3) is 0 Å². The van der Waals surface area contributed by atoms with Gasteiger partial charge in [-0.05, 0) is 19.4 Å². The summed E-state index contributed by atoms with van der Waals surface area (Å²) in [5.74, 6) is -0.237. The molecule has 1 aromatic carbocycles. The summed E-state index contributed by atoms with van der Waals surface area (Å²) in [6, 6.07) is 6.95. The van der Waals surface area contributed by atoms with Crippen LogP contribution >= 0.6 is 12.4 Å². The zero-order valence-corrected chi connectivity index (χ0v) is 12.4. The van der Waals surface area contributed by atoms with E-state index in [1.807, 2.05) is 38.1 Å². The Morgan fingerprint density at radius 1 is 1.40 bits per heavy atom. The van der Waals surface area contributed by atoms with Crippen molar-refractivity contribution in [2.45, 2.75) is 26.4 Å². The van der Waals surface area contributed by atoms with Crippen molar-refractivity contribution in [3.63, 3.8) is 0 Å². The fraction of sp³-hybridized carbons (Fsp3) is 0.286. The molecule has 6 heteroatoms. The fourth-order valence-corrected chi connectivity index (χ4v) is 1.75. The molecule has 3 N–H and O–H groups in total. The van der Waals surface area contributed by atoms with E-state index in [1.54, 1.807) is 17.1 Å². The Kier molecular flexibility index (Phi) is 5.73. The smallest absolute Gasteiger partial charge is 0.245 e. The van der Waals surface area contributed by atoms with E-state index < -0.39 is 6.04 Å². The highest BCUT2D eigenvalue weighted by molar-refractivity contribution is 5.95. The zero-order chi connectivity index (χ0) is 13.8. The predicted molar refractivity (Wildman–Crippen MR) is 81.9 cm³/mol. The van der Waals surface area contributed by atoms with Crippen LogP contribution in [0.1, 0.15) is 24.1 Å². The van der Waals surface area contributed by atoms with E-state index in [9.17, 15) is 4.79 Å². The van der Waals surface area contributed by atoms with Crippen molar-refractivity contribution in [2.24, 2.45) is 5.73 Å². The zero-order valence-electron chi connectivity index (χ0n) is 11.5. The van der Waals surface area contributed by atoms with E-state index in [0.29, 0.717) is 5.69 Å². The maximum Gasteiger partial charge on any atom is 0.245 e. The van der Waals surface area contributed by atoms with E-state index in [1.165, 1.54) is 0 Å². The highest BCUT2D eigenvalue weighted by Gasteiger charge is 2.16. The number of benzene rings is 1. The monoisotopic (exact) mass is 294 g/mol. The quantitative estimate of drug-likeness (QED) is 0.908. The molecule has 0 radical (unpaired) electrons. The maximum atomic E-state index is 12.0. The van der Waals surface area contributed by atoms with Gasteiger partial charge in [0.2, 0.25) is 5.91 Å². The summed E-state index contributed by atoms with van der Waals surface area (Å²) < 4.78 is 1.74. The number of carbonyl (C=O) groups is 1. The molecule has 0 spiro atoms. The van der Waals surface area contributed by atoms with Gasteiger partial charge in [0.1, 0.15) is 6.04 Å². The second-order valence-electron chi connectivity index (χ2n) is 4.46. The Morgan fingerprint density at radius 2 is 2.05 bits per heavy atom. The number of carbonyl (C=O) groups excluding carboxylic acids is 1. The van der Waals surface area contributed by atoms with Gasteiger partial charge in [0, 0.05) is 12.7 Å². The molecule has 0 saturated carbocycles. The molecule has 0 aliphatic rings. The number of aromatic nitrogens is 2. The number of amides is 1. The van der Waals surface area contributed by atoms with Crippen molar-refractivity contribution in [1.29, 1.82) is 0 Å². The predicted octanol–water partition coefficient (Wildman–Crippen LogP) is 2.27. The van der Waals surface area contributed by atoms with Crippen molar-refractivity contribution >= 4 is 24.0 Å². The molecule has 2 aromatic rings. The minimum absolute atomic E-state index is 0. The van der Waals surface area contributed by atoms with Crippen LogP contribution < -0.4 is 11.1 Å². The second-order valence-corrected chi connectivity index (χ2v) is 4.46. The highest BCUT2D eigenvalue weighted by Crippen LogP contribution is 2.14. The standard InChI is InChI=1S/C14H18N4O.ClH/c1-3-18-9-12(8-16-18)17-14(19)13(15)11-6-4-10(2)5-7-11;/h4-9,13H,3,15H2,1-2H3,(H,17,19);1H. The van der Waals surface area contributed by atoms with Gasteiger partial charge in [-0.15, -0.1) is 12.4 Å². The first-order chi connectivity index (χ1) is 9.10. The van der Waals surface area contributed by atoms with E-state index in [2.05, 4.69) is 10.4 Å². The van der Waals surface area contributed by atoms with Gasteiger partial charge in [-0.2, -0.15) is 5.10 Å². The Labute approximate surface area is 124 Å². The van der Waals surface area contributed by atoms with Crippen LogP contribution in [0.15, 0.2) is 36.7 Å². The van der Waals surface area contributed by atoms with Crippen LogP contribution in [-0.2, 0) is 11.3 Å². The minimum atomic E-state index is -0.675. The Balaban J connectivity index is 0.00000200. The van der Waals surface area contributed by atoms with Crippen LogP contribution in [0.25, 0.3) is 0 Å². The number of rotatable bonds is 4. The molecule has 0 aliphatic heterocycles. The highest BCUT2D eigenvalue weighted by atomic mass is 35.5. The average molecular weight is 295 g/mol. The van der Waals surface area contributed by atoms with Crippen LogP contribution in [0.3, 0.4) is 0 Å². The summed E-state index contributed by atoms with van der Waals surface area (Å²) in [6.07, 6.45) is 3.39. The largest absolute Gasteiger partial charge is 0.322 e. The van der Waals surface area contributed by atoms with Gasteiger partial charge < -0.3 is 11.1 Å². The fourth-order valence-electron chi connectivity index (χ4n) is 1.75. The van der Waals surface area contributed by atoms with Crippen molar-refractivity contribution in [2.75, 3.05) is 5.32 Å². The third-order valence-electron chi connectivity index (χ3n) is 2.94. The average Bonchev–Trinajstić information content (AvgIpc) is 2.86. The maximum absolute atomic E-state index is 12.0. The lowest BCUT2D eigenvalue weighted by Crippen LogP contribution is -2.27. The van der Waals surface area contributed by atoms with E-state index in [0.717, 1.165) is 17.7 Å². The topological polar surface area (TPSA) is 72.9 Å². The van der Waals surface area contributed by atoms with Crippen molar-refractivity contribution in [3.8, 4) is 0 Å². The number of aryl methyl sites for hydroxylation is 2. The molecule has 1 atom stereocenters. The normalized spacial score (nSPS) is 11.6. The van der Waals surface area contributed by atoms with Crippen molar-refractivity contribution in [1.82, 2.24) is 9.78 Å². The van der Waals surface area contributed by atoms with Crippen molar-refractivity contribution in [3.05, 3.63) is 47.8 Å². The summed E-state index contributed by atoms with van der Waals surface area (Å²) in [4.78, 5) is 12.0. The molecule has 0 saturated heterocycles. The molecular formula is C14H19ClN4O. The van der Waals surface area contributed by atoms with E-state index in [-0.39, 0.29) is 18.3 Å². The molecule has 20 heavy (non-hydrogen) atoms. The molecule has 0 aliphatic carbocycles. The molecule has 1 unspecified atom stereocenters. The van der Waals surface area contributed by atoms with Crippen LogP contribution in [0.5, 0.6) is 0 Å². The third-order valence-corrected chi connectivity index (χ3v) is 2.94. The Bertz CT molecular complexity index is 565. The second kappa shape index (κ2) is 7.07. The van der Waals surface area contributed by atoms with Crippen LogP contribution in [0.2, 0.25) is 0 Å². The Morgan fingerprint density at radius 3 is 2.60 bits per heavy atom. The lowest BCUT2D eigenvalue weighted by atomic mass is 10.1. The van der Waals surface area contributed by atoms with Gasteiger partial charge >= 0.3 is 0 Å². The molecular weight excluding hydrogens is 276 g/mol. The number of nitrogens with two attached hydrogens (primary N) is 1. The number of anilines is 1. The van der Waals surface area contributed by atoms with Crippen LogP contribution in [-0.4, -0.2) is 15.7 Å². The van der Waals surface area contributed by atoms with Gasteiger partial charge in [-0.25, -0.2) is 0 Å². The third kappa shape index (κ3) is 3.82. The number of halogens is 1. The number of nitrogens with zero attached hydrogens (tertiary/aromatic N) is 2. The summed E-state index contributed by atoms with van der Waals surface area (Å²) in [6.45, 7) is 4.74. The van der Waals surface area contributed by atoms with Gasteiger partial charge in [0.05, 0.1) is 11.9 Å². The summed E-state index contributed by atoms with van der Waals surface area (Å²) in [5.41, 5.74) is 8.53. The molecule has 1 heterocycles. The van der Waals surface area contributed by atoms with E-state index in [4.69, 9.17) is 5.73 Å².